The Balaban J connectivity index is 2.00. The first kappa shape index (κ1) is 16.4. The van der Waals surface area contributed by atoms with Gasteiger partial charge in [0, 0.05) is 22.9 Å². The molecule has 0 saturated carbocycles. The number of amides is 1. The Labute approximate surface area is 145 Å². The maximum atomic E-state index is 12.9. The van der Waals surface area contributed by atoms with Crippen LogP contribution in [-0.4, -0.2) is 12.5 Å². The Morgan fingerprint density at radius 3 is 2.71 bits per heavy atom. The van der Waals surface area contributed by atoms with E-state index in [-0.39, 0.29) is 5.91 Å². The van der Waals surface area contributed by atoms with Crippen LogP contribution in [0.5, 0.6) is 0 Å². The lowest BCUT2D eigenvalue weighted by molar-refractivity contribution is -0.117. The summed E-state index contributed by atoms with van der Waals surface area (Å²) in [6.45, 7) is 0.320. The molecule has 122 valence electrons. The summed E-state index contributed by atoms with van der Waals surface area (Å²) in [7, 11) is 0. The monoisotopic (exact) mass is 340 g/mol. The summed E-state index contributed by atoms with van der Waals surface area (Å²) in [4.78, 5) is 17.4. The van der Waals surface area contributed by atoms with Crippen LogP contribution in [0, 0.1) is 0 Å². The first-order chi connectivity index (χ1) is 11.7. The number of fused-ring (bicyclic) bond motifs is 2. The third kappa shape index (κ3) is 3.37. The highest BCUT2D eigenvalue weighted by Gasteiger charge is 2.25. The SMILES string of the molecule is [N-]=[N+]=NCCCC(=O)N1c2ccccc2CCc2ccc(Cl)cc21. The molecule has 1 aliphatic heterocycles. The molecule has 1 aliphatic rings. The van der Waals surface area contributed by atoms with Crippen molar-refractivity contribution in [3.63, 3.8) is 0 Å². The number of carbonyl (C=O) groups is 1. The molecular formula is C18H17ClN4O. The fourth-order valence-corrected chi connectivity index (χ4v) is 3.19. The van der Waals surface area contributed by atoms with Crippen molar-refractivity contribution in [1.29, 1.82) is 0 Å². The first-order valence-corrected chi connectivity index (χ1v) is 8.28. The summed E-state index contributed by atoms with van der Waals surface area (Å²) in [5, 5.41) is 4.11. The second kappa shape index (κ2) is 7.39. The maximum Gasteiger partial charge on any atom is 0.231 e. The normalized spacial score (nSPS) is 12.6. The highest BCUT2D eigenvalue weighted by atomic mass is 35.5. The molecular weight excluding hydrogens is 324 g/mol. The van der Waals surface area contributed by atoms with Crippen LogP contribution in [0.3, 0.4) is 0 Å². The molecule has 0 aliphatic carbocycles. The third-order valence-corrected chi connectivity index (χ3v) is 4.38. The van der Waals surface area contributed by atoms with Crippen LogP contribution in [0.25, 0.3) is 10.4 Å². The van der Waals surface area contributed by atoms with Gasteiger partial charge in [0.2, 0.25) is 5.91 Å². The van der Waals surface area contributed by atoms with Crippen molar-refractivity contribution in [3.8, 4) is 0 Å². The lowest BCUT2D eigenvalue weighted by Gasteiger charge is -2.25. The molecule has 0 bridgehead atoms. The number of anilines is 2. The molecule has 2 aromatic rings. The Morgan fingerprint density at radius 1 is 1.17 bits per heavy atom. The summed E-state index contributed by atoms with van der Waals surface area (Å²) < 4.78 is 0. The minimum absolute atomic E-state index is 0.0130. The predicted octanol–water partition coefficient (Wildman–Crippen LogP) is 5.19. The van der Waals surface area contributed by atoms with Crippen molar-refractivity contribution in [3.05, 3.63) is 69.1 Å². The maximum absolute atomic E-state index is 12.9. The van der Waals surface area contributed by atoms with Crippen LogP contribution in [0.4, 0.5) is 11.4 Å². The summed E-state index contributed by atoms with van der Waals surface area (Å²) in [5.74, 6) is -0.0130. The zero-order valence-electron chi connectivity index (χ0n) is 13.2. The molecule has 0 saturated heterocycles. The summed E-state index contributed by atoms with van der Waals surface area (Å²) in [6, 6.07) is 13.7. The number of carbonyl (C=O) groups excluding carboxylic acids is 1. The largest absolute Gasteiger partial charge is 0.280 e. The molecule has 0 fully saturated rings. The van der Waals surface area contributed by atoms with Crippen LogP contribution in [0.1, 0.15) is 24.0 Å². The van der Waals surface area contributed by atoms with Gasteiger partial charge in [-0.1, -0.05) is 41.0 Å². The van der Waals surface area contributed by atoms with Crippen molar-refractivity contribution >= 4 is 28.9 Å². The van der Waals surface area contributed by atoms with Gasteiger partial charge in [-0.25, -0.2) is 0 Å². The van der Waals surface area contributed by atoms with Gasteiger partial charge in [0.15, 0.2) is 0 Å². The number of rotatable bonds is 4. The van der Waals surface area contributed by atoms with Crippen molar-refractivity contribution < 1.29 is 4.79 Å². The van der Waals surface area contributed by atoms with Gasteiger partial charge < -0.3 is 0 Å². The molecule has 2 aromatic carbocycles. The van der Waals surface area contributed by atoms with Crippen molar-refractivity contribution in [2.24, 2.45) is 5.11 Å². The minimum atomic E-state index is -0.0130. The Morgan fingerprint density at radius 2 is 1.92 bits per heavy atom. The van der Waals surface area contributed by atoms with Gasteiger partial charge in [-0.15, -0.1) is 0 Å². The number of hydrogen-bond donors (Lipinski definition) is 0. The molecule has 0 spiro atoms. The highest BCUT2D eigenvalue weighted by molar-refractivity contribution is 6.31. The first-order valence-electron chi connectivity index (χ1n) is 7.91. The number of azide groups is 1. The van der Waals surface area contributed by atoms with E-state index in [9.17, 15) is 4.79 Å². The van der Waals surface area contributed by atoms with E-state index in [0.29, 0.717) is 24.4 Å². The van der Waals surface area contributed by atoms with Crippen LogP contribution in [0.15, 0.2) is 47.6 Å². The number of benzene rings is 2. The van der Waals surface area contributed by atoms with E-state index in [0.717, 1.165) is 35.3 Å². The molecule has 1 amide bonds. The quantitative estimate of drug-likeness (QED) is 0.326. The summed E-state index contributed by atoms with van der Waals surface area (Å²) in [6.07, 6.45) is 2.59. The number of nitrogens with zero attached hydrogens (tertiary/aromatic N) is 4. The molecule has 6 heteroatoms. The second-order valence-electron chi connectivity index (χ2n) is 5.69. The van der Waals surface area contributed by atoms with Crippen LogP contribution >= 0.6 is 11.6 Å². The van der Waals surface area contributed by atoms with E-state index in [2.05, 4.69) is 16.1 Å². The van der Waals surface area contributed by atoms with Crippen molar-refractivity contribution in [2.45, 2.75) is 25.7 Å². The summed E-state index contributed by atoms with van der Waals surface area (Å²) in [5.41, 5.74) is 12.4. The number of para-hydroxylation sites is 1. The van der Waals surface area contributed by atoms with Crippen molar-refractivity contribution in [1.82, 2.24) is 0 Å². The standard InChI is InChI=1S/C18H17ClN4O/c19-15-10-9-14-8-7-13-4-1-2-5-16(13)23(17(14)12-15)18(24)6-3-11-21-22-20/h1-2,4-5,9-10,12H,3,6-8,11H2. The van der Waals surface area contributed by atoms with Crippen LogP contribution in [-0.2, 0) is 17.6 Å². The molecule has 0 aromatic heterocycles. The smallest absolute Gasteiger partial charge is 0.231 e. The fourth-order valence-electron chi connectivity index (χ4n) is 3.02. The van der Waals surface area contributed by atoms with E-state index >= 15 is 0 Å². The average molecular weight is 341 g/mol. The number of aryl methyl sites for hydroxylation is 2. The number of hydrogen-bond acceptors (Lipinski definition) is 2. The molecule has 5 nitrogen and oxygen atoms in total. The lowest BCUT2D eigenvalue weighted by Crippen LogP contribution is -2.26. The van der Waals surface area contributed by atoms with E-state index < -0.39 is 0 Å². The van der Waals surface area contributed by atoms with E-state index in [4.69, 9.17) is 17.1 Å². The van der Waals surface area contributed by atoms with Gasteiger partial charge >= 0.3 is 0 Å². The van der Waals surface area contributed by atoms with Crippen LogP contribution in [0.2, 0.25) is 5.02 Å². The van der Waals surface area contributed by atoms with E-state index in [1.54, 1.807) is 4.90 Å². The van der Waals surface area contributed by atoms with E-state index in [1.807, 2.05) is 36.4 Å². The zero-order chi connectivity index (χ0) is 16.9. The van der Waals surface area contributed by atoms with Gasteiger partial charge in [0.25, 0.3) is 0 Å². The Hall–Kier alpha value is -2.49. The average Bonchev–Trinajstić information content (AvgIpc) is 2.75. The predicted molar refractivity (Wildman–Crippen MR) is 95.7 cm³/mol. The molecule has 3 rings (SSSR count). The fraction of sp³-hybridized carbons (Fsp3) is 0.278. The molecule has 0 radical (unpaired) electrons. The highest BCUT2D eigenvalue weighted by Crippen LogP contribution is 2.37. The number of halogens is 1. The second-order valence-corrected chi connectivity index (χ2v) is 6.13. The molecule has 0 unspecified atom stereocenters. The lowest BCUT2D eigenvalue weighted by atomic mass is 10.0. The Kier molecular flexibility index (Phi) is 5.04. The van der Waals surface area contributed by atoms with E-state index in [1.165, 1.54) is 0 Å². The Bertz CT molecular complexity index is 814. The topological polar surface area (TPSA) is 69.1 Å². The van der Waals surface area contributed by atoms with Gasteiger partial charge in [-0.05, 0) is 54.1 Å². The van der Waals surface area contributed by atoms with Gasteiger partial charge in [0.1, 0.15) is 0 Å². The van der Waals surface area contributed by atoms with Crippen molar-refractivity contribution in [2.75, 3.05) is 11.4 Å². The van der Waals surface area contributed by atoms with Gasteiger partial charge in [-0.3, -0.25) is 9.69 Å². The van der Waals surface area contributed by atoms with Gasteiger partial charge in [0.05, 0.1) is 11.4 Å². The van der Waals surface area contributed by atoms with Gasteiger partial charge in [-0.2, -0.15) is 0 Å². The summed E-state index contributed by atoms with van der Waals surface area (Å²) >= 11 is 6.18. The third-order valence-electron chi connectivity index (χ3n) is 4.15. The molecule has 1 heterocycles. The molecule has 0 N–H and O–H groups in total. The van der Waals surface area contributed by atoms with Crippen LogP contribution < -0.4 is 4.90 Å². The minimum Gasteiger partial charge on any atom is -0.280 e. The molecule has 0 atom stereocenters. The zero-order valence-corrected chi connectivity index (χ0v) is 13.9. The molecule has 24 heavy (non-hydrogen) atoms.